The smallest absolute Gasteiger partial charge is 0.162 e. The molecule has 0 fully saturated rings. The van der Waals surface area contributed by atoms with E-state index < -0.39 is 11.6 Å². The predicted octanol–water partition coefficient (Wildman–Crippen LogP) is 4.43. The number of halogens is 3. The fourth-order valence-corrected chi connectivity index (χ4v) is 1.78. The van der Waals surface area contributed by atoms with Crippen LogP contribution < -0.4 is 10.5 Å². The van der Waals surface area contributed by atoms with Crippen LogP contribution in [0.15, 0.2) is 36.4 Å². The summed E-state index contributed by atoms with van der Waals surface area (Å²) < 4.78 is 31.2. The Balaban J connectivity index is 2.25. The van der Waals surface area contributed by atoms with Crippen molar-refractivity contribution in [2.45, 2.75) is 13.0 Å². The molecule has 0 aromatic heterocycles. The zero-order chi connectivity index (χ0) is 14.0. The summed E-state index contributed by atoms with van der Waals surface area (Å²) in [7, 11) is 0. The minimum Gasteiger partial charge on any atom is -0.456 e. The highest BCUT2D eigenvalue weighted by Crippen LogP contribution is 2.31. The Morgan fingerprint density at radius 3 is 2.42 bits per heavy atom. The minimum atomic E-state index is -0.971. The van der Waals surface area contributed by atoms with Crippen LogP contribution in [0, 0.1) is 11.6 Å². The largest absolute Gasteiger partial charge is 0.456 e. The number of nitrogens with two attached hydrogens (primary N) is 1. The zero-order valence-electron chi connectivity index (χ0n) is 10.2. The number of ether oxygens (including phenoxy) is 1. The molecule has 0 bridgehead atoms. The Bertz CT molecular complexity index is 602. The predicted molar refractivity (Wildman–Crippen MR) is 70.5 cm³/mol. The Morgan fingerprint density at radius 2 is 1.84 bits per heavy atom. The third kappa shape index (κ3) is 3.22. The van der Waals surface area contributed by atoms with Gasteiger partial charge in [-0.25, -0.2) is 8.78 Å². The van der Waals surface area contributed by atoms with Crippen molar-refractivity contribution in [3.8, 4) is 11.5 Å². The fraction of sp³-hybridized carbons (Fsp3) is 0.143. The van der Waals surface area contributed by atoms with Crippen LogP contribution in [-0.2, 0) is 0 Å². The third-order valence-electron chi connectivity index (χ3n) is 2.60. The summed E-state index contributed by atoms with van der Waals surface area (Å²) in [5.74, 6) is -1.36. The van der Waals surface area contributed by atoms with Crippen LogP contribution in [0.4, 0.5) is 8.78 Å². The molecule has 2 rings (SSSR count). The molecule has 0 amide bonds. The van der Waals surface area contributed by atoms with Crippen LogP contribution >= 0.6 is 11.6 Å². The normalized spacial score (nSPS) is 12.3. The van der Waals surface area contributed by atoms with Crippen LogP contribution in [0.1, 0.15) is 18.5 Å². The van der Waals surface area contributed by atoms with E-state index in [1.807, 2.05) is 6.92 Å². The quantitative estimate of drug-likeness (QED) is 0.904. The maximum Gasteiger partial charge on any atom is 0.162 e. The number of hydrogen-bond donors (Lipinski definition) is 1. The van der Waals surface area contributed by atoms with E-state index in [4.69, 9.17) is 22.1 Å². The van der Waals surface area contributed by atoms with Crippen molar-refractivity contribution in [3.63, 3.8) is 0 Å². The first-order chi connectivity index (χ1) is 8.97. The van der Waals surface area contributed by atoms with Crippen molar-refractivity contribution < 1.29 is 13.5 Å². The molecule has 0 saturated heterocycles. The molecular weight excluding hydrogens is 272 g/mol. The van der Waals surface area contributed by atoms with Crippen molar-refractivity contribution in [2.75, 3.05) is 0 Å². The maximum atomic E-state index is 13.0. The summed E-state index contributed by atoms with van der Waals surface area (Å²) in [6.07, 6.45) is 0. The molecule has 19 heavy (non-hydrogen) atoms. The lowest BCUT2D eigenvalue weighted by molar-refractivity contribution is 0.461. The molecule has 0 radical (unpaired) electrons. The standard InChI is InChI=1S/C14H12ClF2NO/c1-8(18)9-2-5-14(11(15)6-9)19-10-3-4-12(16)13(17)7-10/h2-8H,18H2,1H3. The van der Waals surface area contributed by atoms with Crippen molar-refractivity contribution in [3.05, 3.63) is 58.6 Å². The Kier molecular flexibility index (Phi) is 4.02. The maximum absolute atomic E-state index is 13.0. The van der Waals surface area contributed by atoms with E-state index in [0.717, 1.165) is 17.7 Å². The van der Waals surface area contributed by atoms with Gasteiger partial charge in [-0.3, -0.25) is 0 Å². The Morgan fingerprint density at radius 1 is 1.11 bits per heavy atom. The van der Waals surface area contributed by atoms with Gasteiger partial charge < -0.3 is 10.5 Å². The van der Waals surface area contributed by atoms with E-state index in [0.29, 0.717) is 10.8 Å². The van der Waals surface area contributed by atoms with E-state index in [-0.39, 0.29) is 11.8 Å². The third-order valence-corrected chi connectivity index (χ3v) is 2.90. The molecule has 0 aliphatic heterocycles. The van der Waals surface area contributed by atoms with Gasteiger partial charge in [-0.05, 0) is 36.8 Å². The lowest BCUT2D eigenvalue weighted by Crippen LogP contribution is -2.04. The summed E-state index contributed by atoms with van der Waals surface area (Å²) in [4.78, 5) is 0. The topological polar surface area (TPSA) is 35.2 Å². The first-order valence-corrected chi connectivity index (χ1v) is 6.03. The second-order valence-electron chi connectivity index (χ2n) is 4.16. The molecule has 1 atom stereocenters. The van der Waals surface area contributed by atoms with Crippen LogP contribution in [0.2, 0.25) is 5.02 Å². The van der Waals surface area contributed by atoms with Gasteiger partial charge in [0.05, 0.1) is 5.02 Å². The summed E-state index contributed by atoms with van der Waals surface area (Å²) in [5, 5.41) is 0.361. The molecule has 0 heterocycles. The first kappa shape index (κ1) is 13.8. The van der Waals surface area contributed by atoms with Crippen LogP contribution in [0.3, 0.4) is 0 Å². The van der Waals surface area contributed by atoms with Gasteiger partial charge in [-0.2, -0.15) is 0 Å². The van der Waals surface area contributed by atoms with E-state index in [1.54, 1.807) is 18.2 Å². The molecule has 0 aliphatic rings. The molecule has 5 heteroatoms. The Hall–Kier alpha value is -1.65. The van der Waals surface area contributed by atoms with Gasteiger partial charge in [0.1, 0.15) is 11.5 Å². The van der Waals surface area contributed by atoms with Crippen LogP contribution in [-0.4, -0.2) is 0 Å². The van der Waals surface area contributed by atoms with Crippen molar-refractivity contribution in [1.82, 2.24) is 0 Å². The summed E-state index contributed by atoms with van der Waals surface area (Å²) in [6.45, 7) is 1.83. The Labute approximate surface area is 114 Å². The molecule has 2 nitrogen and oxygen atoms in total. The van der Waals surface area contributed by atoms with Gasteiger partial charge in [0, 0.05) is 12.1 Å². The summed E-state index contributed by atoms with van der Waals surface area (Å²) >= 11 is 6.05. The van der Waals surface area contributed by atoms with Gasteiger partial charge in [-0.15, -0.1) is 0 Å². The van der Waals surface area contributed by atoms with Gasteiger partial charge in [0.2, 0.25) is 0 Å². The lowest BCUT2D eigenvalue weighted by atomic mass is 10.1. The highest BCUT2D eigenvalue weighted by atomic mass is 35.5. The summed E-state index contributed by atoms with van der Waals surface area (Å²) in [6, 6.07) is 8.24. The second kappa shape index (κ2) is 5.55. The van der Waals surface area contributed by atoms with Crippen LogP contribution in [0.5, 0.6) is 11.5 Å². The van der Waals surface area contributed by atoms with Gasteiger partial charge in [0.25, 0.3) is 0 Å². The number of hydrogen-bond acceptors (Lipinski definition) is 2. The molecule has 2 N–H and O–H groups in total. The van der Waals surface area contributed by atoms with Crippen molar-refractivity contribution in [1.29, 1.82) is 0 Å². The molecule has 0 saturated carbocycles. The molecule has 100 valence electrons. The first-order valence-electron chi connectivity index (χ1n) is 5.65. The number of rotatable bonds is 3. The zero-order valence-corrected chi connectivity index (χ0v) is 10.9. The number of benzene rings is 2. The summed E-state index contributed by atoms with van der Waals surface area (Å²) in [5.41, 5.74) is 6.59. The lowest BCUT2D eigenvalue weighted by Gasteiger charge is -2.11. The van der Waals surface area contributed by atoms with E-state index >= 15 is 0 Å². The molecule has 0 aliphatic carbocycles. The van der Waals surface area contributed by atoms with E-state index in [2.05, 4.69) is 0 Å². The SMILES string of the molecule is CC(N)c1ccc(Oc2ccc(F)c(F)c2)c(Cl)c1. The highest BCUT2D eigenvalue weighted by Gasteiger charge is 2.09. The van der Waals surface area contributed by atoms with E-state index in [1.165, 1.54) is 6.07 Å². The second-order valence-corrected chi connectivity index (χ2v) is 4.56. The monoisotopic (exact) mass is 283 g/mol. The fourth-order valence-electron chi connectivity index (χ4n) is 1.55. The average molecular weight is 284 g/mol. The van der Waals surface area contributed by atoms with Gasteiger partial charge in [0.15, 0.2) is 11.6 Å². The van der Waals surface area contributed by atoms with Gasteiger partial charge >= 0.3 is 0 Å². The van der Waals surface area contributed by atoms with Crippen molar-refractivity contribution in [2.24, 2.45) is 5.73 Å². The van der Waals surface area contributed by atoms with Crippen molar-refractivity contribution >= 4 is 11.6 Å². The van der Waals surface area contributed by atoms with E-state index in [9.17, 15) is 8.78 Å². The molecule has 1 unspecified atom stereocenters. The molecular formula is C14H12ClF2NO. The minimum absolute atomic E-state index is 0.144. The van der Waals surface area contributed by atoms with Gasteiger partial charge in [-0.1, -0.05) is 17.7 Å². The average Bonchev–Trinajstić information content (AvgIpc) is 2.36. The molecule has 2 aromatic rings. The highest BCUT2D eigenvalue weighted by molar-refractivity contribution is 6.32. The molecule has 0 spiro atoms. The van der Waals surface area contributed by atoms with Crippen LogP contribution in [0.25, 0.3) is 0 Å². The molecule has 2 aromatic carbocycles.